The lowest BCUT2D eigenvalue weighted by molar-refractivity contribution is -0.115. The van der Waals surface area contributed by atoms with Crippen molar-refractivity contribution in [1.29, 1.82) is 0 Å². The van der Waals surface area contributed by atoms with Crippen molar-refractivity contribution < 1.29 is 18.4 Å². The fourth-order valence-corrected chi connectivity index (χ4v) is 5.09. The Kier molecular flexibility index (Phi) is 7.00. The lowest BCUT2D eigenvalue weighted by atomic mass is 10.0. The maximum absolute atomic E-state index is 14.1. The quantitative estimate of drug-likeness (QED) is 0.517. The predicted octanol–water partition coefficient (Wildman–Crippen LogP) is 5.75. The van der Waals surface area contributed by atoms with Crippen molar-refractivity contribution in [2.24, 2.45) is 0 Å². The summed E-state index contributed by atoms with van der Waals surface area (Å²) in [6, 6.07) is 10.3. The zero-order valence-corrected chi connectivity index (χ0v) is 20.0. The zero-order chi connectivity index (χ0) is 23.8. The van der Waals surface area contributed by atoms with Crippen LogP contribution in [0.1, 0.15) is 23.6 Å². The van der Waals surface area contributed by atoms with Gasteiger partial charge in [-0.05, 0) is 41.6 Å². The Morgan fingerprint density at radius 3 is 2.39 bits per heavy atom. The van der Waals surface area contributed by atoms with Gasteiger partial charge in [-0.25, -0.2) is 8.78 Å². The standard InChI is InChI=1S/C23H21Cl2F2N3O2S/c1-23(26,27)16-10-15(11-19-21(31)28-22(32)33-19)20(18(25)12-16)30-8-6-29(7-9-30)13-14-4-2-3-5-17(14)24/h2-5,10-12H,6-9,13H2,1H3,(H,28,31,32). The van der Waals surface area contributed by atoms with Crippen LogP contribution in [0, 0.1) is 0 Å². The number of alkyl halides is 2. The molecule has 2 aromatic rings. The summed E-state index contributed by atoms with van der Waals surface area (Å²) in [6.07, 6.45) is 1.46. The maximum Gasteiger partial charge on any atom is 0.290 e. The van der Waals surface area contributed by atoms with Crippen molar-refractivity contribution in [3.05, 3.63) is 68.0 Å². The molecule has 5 nitrogen and oxygen atoms in total. The van der Waals surface area contributed by atoms with Crippen molar-refractivity contribution in [2.75, 3.05) is 31.1 Å². The molecule has 33 heavy (non-hydrogen) atoms. The summed E-state index contributed by atoms with van der Waals surface area (Å²) in [7, 11) is 0. The predicted molar refractivity (Wildman–Crippen MR) is 129 cm³/mol. The number of anilines is 1. The van der Waals surface area contributed by atoms with Gasteiger partial charge in [0.25, 0.3) is 17.1 Å². The molecule has 0 saturated carbocycles. The van der Waals surface area contributed by atoms with Crippen molar-refractivity contribution in [1.82, 2.24) is 10.2 Å². The van der Waals surface area contributed by atoms with Crippen molar-refractivity contribution >= 4 is 57.9 Å². The normalized spacial score (nSPS) is 18.8. The summed E-state index contributed by atoms with van der Waals surface area (Å²) in [5.74, 6) is -3.66. The number of hydrogen-bond acceptors (Lipinski definition) is 5. The van der Waals surface area contributed by atoms with E-state index in [9.17, 15) is 18.4 Å². The van der Waals surface area contributed by atoms with Gasteiger partial charge in [0, 0.05) is 55.8 Å². The molecule has 0 aliphatic carbocycles. The van der Waals surface area contributed by atoms with Crippen molar-refractivity contribution in [3.63, 3.8) is 0 Å². The molecule has 174 valence electrons. The van der Waals surface area contributed by atoms with Crippen LogP contribution in [-0.4, -0.2) is 42.2 Å². The van der Waals surface area contributed by atoms with Crippen LogP contribution in [0.5, 0.6) is 0 Å². The van der Waals surface area contributed by atoms with E-state index in [0.717, 1.165) is 42.4 Å². The summed E-state index contributed by atoms with van der Waals surface area (Å²) in [6.45, 7) is 4.16. The summed E-state index contributed by atoms with van der Waals surface area (Å²) < 4.78 is 28.2. The average molecular weight is 512 g/mol. The third-order valence-corrected chi connectivity index (χ3v) is 7.04. The molecule has 0 atom stereocenters. The molecule has 4 rings (SSSR count). The number of nitrogens with zero attached hydrogens (tertiary/aromatic N) is 2. The summed E-state index contributed by atoms with van der Waals surface area (Å²) in [5, 5.41) is 2.58. The van der Waals surface area contributed by atoms with Crippen LogP contribution in [0.25, 0.3) is 6.08 Å². The van der Waals surface area contributed by atoms with E-state index in [1.54, 1.807) is 0 Å². The summed E-state index contributed by atoms with van der Waals surface area (Å²) in [5.41, 5.74) is 1.74. The Labute approximate surface area is 204 Å². The number of piperazine rings is 1. The first-order valence-corrected chi connectivity index (χ1v) is 11.9. The Balaban J connectivity index is 1.61. The molecule has 1 N–H and O–H groups in total. The molecule has 0 aromatic heterocycles. The molecule has 0 unspecified atom stereocenters. The Morgan fingerprint density at radius 1 is 1.09 bits per heavy atom. The van der Waals surface area contributed by atoms with Gasteiger partial charge in [0.05, 0.1) is 15.6 Å². The van der Waals surface area contributed by atoms with E-state index in [4.69, 9.17) is 23.2 Å². The maximum atomic E-state index is 14.1. The Bertz CT molecular complexity index is 1130. The number of carbonyl (C=O) groups is 2. The van der Waals surface area contributed by atoms with Crippen LogP contribution >= 0.6 is 35.0 Å². The van der Waals surface area contributed by atoms with Crippen molar-refractivity contribution in [3.8, 4) is 0 Å². The number of imide groups is 1. The third-order valence-electron chi connectivity index (χ3n) is 5.57. The van der Waals surface area contributed by atoms with Gasteiger partial charge in [-0.1, -0.05) is 41.4 Å². The molecule has 2 amide bonds. The van der Waals surface area contributed by atoms with E-state index in [0.29, 0.717) is 30.9 Å². The van der Waals surface area contributed by atoms with Crippen LogP contribution in [0.2, 0.25) is 10.0 Å². The molecule has 0 spiro atoms. The highest BCUT2D eigenvalue weighted by molar-refractivity contribution is 8.18. The molecule has 2 fully saturated rings. The van der Waals surface area contributed by atoms with E-state index >= 15 is 0 Å². The Morgan fingerprint density at radius 2 is 1.79 bits per heavy atom. The fourth-order valence-electron chi connectivity index (χ4n) is 3.88. The van der Waals surface area contributed by atoms with Crippen LogP contribution < -0.4 is 10.2 Å². The molecular formula is C23H21Cl2F2N3O2S. The third kappa shape index (κ3) is 5.51. The highest BCUT2D eigenvalue weighted by Crippen LogP contribution is 2.40. The van der Waals surface area contributed by atoms with Gasteiger partial charge in [-0.15, -0.1) is 0 Å². The van der Waals surface area contributed by atoms with Gasteiger partial charge in [0.2, 0.25) is 0 Å². The van der Waals surface area contributed by atoms with E-state index in [1.165, 1.54) is 18.2 Å². The lowest BCUT2D eigenvalue weighted by Gasteiger charge is -2.37. The van der Waals surface area contributed by atoms with Gasteiger partial charge in [0.15, 0.2) is 0 Å². The molecule has 2 aliphatic rings. The molecule has 2 aliphatic heterocycles. The van der Waals surface area contributed by atoms with E-state index in [1.807, 2.05) is 29.2 Å². The second-order valence-electron chi connectivity index (χ2n) is 7.99. The summed E-state index contributed by atoms with van der Waals surface area (Å²) >= 11 is 13.5. The second-order valence-corrected chi connectivity index (χ2v) is 9.82. The molecule has 2 aromatic carbocycles. The highest BCUT2D eigenvalue weighted by atomic mass is 35.5. The average Bonchev–Trinajstić information content (AvgIpc) is 3.06. The molecule has 10 heteroatoms. The Hall–Kier alpha value is -2.13. The minimum Gasteiger partial charge on any atom is -0.367 e. The fraction of sp³-hybridized carbons (Fsp3) is 0.304. The summed E-state index contributed by atoms with van der Waals surface area (Å²) in [4.78, 5) is 28.0. The molecule has 0 bridgehead atoms. The van der Waals surface area contributed by atoms with Crippen LogP contribution in [0.4, 0.5) is 19.3 Å². The topological polar surface area (TPSA) is 52.6 Å². The van der Waals surface area contributed by atoms with Crippen LogP contribution in [-0.2, 0) is 17.3 Å². The molecule has 2 heterocycles. The van der Waals surface area contributed by atoms with Gasteiger partial charge >= 0.3 is 0 Å². The minimum absolute atomic E-state index is 0.145. The molecule has 0 radical (unpaired) electrons. The van der Waals surface area contributed by atoms with Crippen LogP contribution in [0.3, 0.4) is 0 Å². The van der Waals surface area contributed by atoms with Crippen LogP contribution in [0.15, 0.2) is 41.3 Å². The van der Waals surface area contributed by atoms with Gasteiger partial charge in [0.1, 0.15) is 0 Å². The molecule has 2 saturated heterocycles. The van der Waals surface area contributed by atoms with E-state index < -0.39 is 17.1 Å². The number of carbonyl (C=O) groups excluding carboxylic acids is 2. The smallest absolute Gasteiger partial charge is 0.290 e. The van der Waals surface area contributed by atoms with Gasteiger partial charge in [-0.2, -0.15) is 0 Å². The monoisotopic (exact) mass is 511 g/mol. The number of nitrogens with one attached hydrogen (secondary N) is 1. The number of rotatable bonds is 5. The first-order chi connectivity index (χ1) is 15.6. The second kappa shape index (κ2) is 9.62. The highest BCUT2D eigenvalue weighted by Gasteiger charge is 2.30. The first kappa shape index (κ1) is 24.0. The number of thioether (sulfide) groups is 1. The van der Waals surface area contributed by atoms with Crippen molar-refractivity contribution in [2.45, 2.75) is 19.4 Å². The first-order valence-electron chi connectivity index (χ1n) is 10.3. The van der Waals surface area contributed by atoms with E-state index in [-0.39, 0.29) is 15.5 Å². The zero-order valence-electron chi connectivity index (χ0n) is 17.7. The largest absolute Gasteiger partial charge is 0.367 e. The van der Waals surface area contributed by atoms with Gasteiger partial charge < -0.3 is 4.90 Å². The van der Waals surface area contributed by atoms with E-state index in [2.05, 4.69) is 10.2 Å². The lowest BCUT2D eigenvalue weighted by Crippen LogP contribution is -2.46. The number of amides is 2. The van der Waals surface area contributed by atoms with Gasteiger partial charge in [-0.3, -0.25) is 19.8 Å². The number of halogens is 4. The minimum atomic E-state index is -3.11. The SMILES string of the molecule is CC(F)(F)c1cc(Cl)c(N2CCN(Cc3ccccc3Cl)CC2)c(C=C2SC(=O)NC2=O)c1. The molecular weight excluding hydrogens is 491 g/mol. The number of hydrogen-bond donors (Lipinski definition) is 1. The number of benzene rings is 2.